The number of carboxylic acids is 1. The summed E-state index contributed by atoms with van der Waals surface area (Å²) in [6.45, 7) is 0. The second-order valence-corrected chi connectivity index (χ2v) is 6.10. The molecule has 8 nitrogen and oxygen atoms in total. The second kappa shape index (κ2) is 6.56. The SMILES string of the molecule is COC(=O)C1C(C(=O)O)=Cc2cc(O)c(O)cc2C1c1ccc(O)c(O)c1. The molecule has 1 aliphatic rings. The zero-order valence-electron chi connectivity index (χ0n) is 14.1. The number of rotatable bonds is 3. The van der Waals surface area contributed by atoms with E-state index in [2.05, 4.69) is 0 Å². The summed E-state index contributed by atoms with van der Waals surface area (Å²) in [5.41, 5.74) is 0.701. The maximum Gasteiger partial charge on any atom is 0.332 e. The third kappa shape index (κ3) is 3.01. The topological polar surface area (TPSA) is 145 Å². The number of hydrogen-bond acceptors (Lipinski definition) is 7. The van der Waals surface area contributed by atoms with Crippen LogP contribution in [0.5, 0.6) is 23.0 Å². The molecule has 5 N–H and O–H groups in total. The minimum Gasteiger partial charge on any atom is -0.504 e. The predicted molar refractivity (Wildman–Crippen MR) is 92.5 cm³/mol. The number of benzene rings is 2. The summed E-state index contributed by atoms with van der Waals surface area (Å²) >= 11 is 0. The van der Waals surface area contributed by atoms with Crippen molar-refractivity contribution in [2.45, 2.75) is 5.92 Å². The first-order valence-electron chi connectivity index (χ1n) is 7.85. The van der Waals surface area contributed by atoms with Gasteiger partial charge in [0, 0.05) is 5.92 Å². The number of phenols is 4. The molecule has 0 fully saturated rings. The van der Waals surface area contributed by atoms with Gasteiger partial charge in [0.1, 0.15) is 0 Å². The highest BCUT2D eigenvalue weighted by Crippen LogP contribution is 2.47. The smallest absolute Gasteiger partial charge is 0.332 e. The summed E-state index contributed by atoms with van der Waals surface area (Å²) in [7, 11) is 1.12. The number of aliphatic carboxylic acids is 1. The van der Waals surface area contributed by atoms with E-state index in [9.17, 15) is 35.1 Å². The third-order valence-corrected chi connectivity index (χ3v) is 4.56. The summed E-state index contributed by atoms with van der Waals surface area (Å²) in [6.07, 6.45) is 1.23. The number of carbonyl (C=O) groups is 2. The second-order valence-electron chi connectivity index (χ2n) is 6.10. The molecule has 3 rings (SSSR count). The Morgan fingerprint density at radius 1 is 0.926 bits per heavy atom. The van der Waals surface area contributed by atoms with Gasteiger partial charge in [-0.15, -0.1) is 0 Å². The maximum atomic E-state index is 12.4. The van der Waals surface area contributed by atoms with Gasteiger partial charge >= 0.3 is 11.9 Å². The van der Waals surface area contributed by atoms with Gasteiger partial charge in [-0.1, -0.05) is 6.07 Å². The molecule has 0 aliphatic heterocycles. The highest BCUT2D eigenvalue weighted by Gasteiger charge is 2.42. The van der Waals surface area contributed by atoms with E-state index in [0.717, 1.165) is 7.11 Å². The van der Waals surface area contributed by atoms with Crippen LogP contribution >= 0.6 is 0 Å². The van der Waals surface area contributed by atoms with Gasteiger partial charge in [-0.3, -0.25) is 4.79 Å². The van der Waals surface area contributed by atoms with Gasteiger partial charge in [0.25, 0.3) is 0 Å². The lowest BCUT2D eigenvalue weighted by molar-refractivity contribution is -0.147. The number of esters is 1. The van der Waals surface area contributed by atoms with Crippen molar-refractivity contribution in [3.05, 3.63) is 52.6 Å². The zero-order valence-corrected chi connectivity index (χ0v) is 14.1. The molecule has 2 unspecified atom stereocenters. The lowest BCUT2D eigenvalue weighted by Crippen LogP contribution is -2.32. The largest absolute Gasteiger partial charge is 0.504 e. The number of carbonyl (C=O) groups excluding carboxylic acids is 1. The molecule has 0 saturated carbocycles. The van der Waals surface area contributed by atoms with Gasteiger partial charge in [-0.05, 0) is 47.0 Å². The molecule has 0 amide bonds. The van der Waals surface area contributed by atoms with Gasteiger partial charge in [-0.25, -0.2) is 4.79 Å². The molecule has 0 heterocycles. The summed E-state index contributed by atoms with van der Waals surface area (Å²) in [6, 6.07) is 6.25. The molecule has 0 bridgehead atoms. The van der Waals surface area contributed by atoms with Crippen molar-refractivity contribution in [2.24, 2.45) is 5.92 Å². The molecular formula is C19H16O8. The van der Waals surface area contributed by atoms with Gasteiger partial charge in [0.2, 0.25) is 0 Å². The number of ether oxygens (including phenoxy) is 1. The Hall–Kier alpha value is -3.68. The fourth-order valence-corrected chi connectivity index (χ4v) is 3.31. The minimum absolute atomic E-state index is 0.267. The van der Waals surface area contributed by atoms with E-state index in [1.807, 2.05) is 0 Å². The monoisotopic (exact) mass is 372 g/mol. The lowest BCUT2D eigenvalue weighted by Gasteiger charge is -2.32. The fraction of sp³-hybridized carbons (Fsp3) is 0.158. The molecule has 0 saturated heterocycles. The Morgan fingerprint density at radius 3 is 2.15 bits per heavy atom. The number of fused-ring (bicyclic) bond motifs is 1. The van der Waals surface area contributed by atoms with E-state index < -0.39 is 41.0 Å². The van der Waals surface area contributed by atoms with E-state index >= 15 is 0 Å². The lowest BCUT2D eigenvalue weighted by atomic mass is 9.71. The number of phenolic OH excluding ortho intramolecular Hbond substituents is 4. The van der Waals surface area contributed by atoms with E-state index in [1.165, 1.54) is 36.4 Å². The predicted octanol–water partition coefficient (Wildman–Crippen LogP) is 1.91. The van der Waals surface area contributed by atoms with Gasteiger partial charge in [0.15, 0.2) is 23.0 Å². The van der Waals surface area contributed by atoms with Crippen molar-refractivity contribution in [3.63, 3.8) is 0 Å². The van der Waals surface area contributed by atoms with Gasteiger partial charge < -0.3 is 30.3 Å². The normalized spacial score (nSPS) is 18.3. The van der Waals surface area contributed by atoms with Crippen LogP contribution in [0.3, 0.4) is 0 Å². The molecule has 140 valence electrons. The maximum absolute atomic E-state index is 12.4. The van der Waals surface area contributed by atoms with E-state index in [1.54, 1.807) is 0 Å². The Morgan fingerprint density at radius 2 is 1.56 bits per heavy atom. The van der Waals surface area contributed by atoms with Crippen molar-refractivity contribution in [3.8, 4) is 23.0 Å². The number of hydrogen-bond donors (Lipinski definition) is 5. The highest BCUT2D eigenvalue weighted by atomic mass is 16.5. The molecule has 1 aliphatic carbocycles. The Bertz CT molecular complexity index is 976. The standard InChI is InChI=1S/C19H16O8/c1-27-19(26)17-11(18(24)25)4-9-6-14(22)15(23)7-10(9)16(17)8-2-3-12(20)13(21)5-8/h2-7,16-17,20-23H,1H3,(H,24,25). The number of methoxy groups -OCH3 is 1. The number of aromatic hydroxyl groups is 4. The summed E-state index contributed by atoms with van der Waals surface area (Å²) in [4.78, 5) is 24.2. The van der Waals surface area contributed by atoms with Crippen LogP contribution in [-0.2, 0) is 14.3 Å². The molecule has 27 heavy (non-hydrogen) atoms. The quantitative estimate of drug-likeness (QED) is 0.406. The Labute approximate surface area is 153 Å². The van der Waals surface area contributed by atoms with Crippen molar-refractivity contribution >= 4 is 18.0 Å². The molecule has 2 atom stereocenters. The van der Waals surface area contributed by atoms with Crippen molar-refractivity contribution in [1.82, 2.24) is 0 Å². The molecule has 0 aromatic heterocycles. The van der Waals surface area contributed by atoms with Crippen LogP contribution in [0.15, 0.2) is 35.9 Å². The highest BCUT2D eigenvalue weighted by molar-refractivity contribution is 6.01. The van der Waals surface area contributed by atoms with Gasteiger partial charge in [0.05, 0.1) is 18.6 Å². The molecular weight excluding hydrogens is 356 g/mol. The first-order chi connectivity index (χ1) is 12.7. The van der Waals surface area contributed by atoms with Crippen LogP contribution in [0.25, 0.3) is 6.08 Å². The van der Waals surface area contributed by atoms with Crippen LogP contribution in [0, 0.1) is 5.92 Å². The average Bonchev–Trinajstić information content (AvgIpc) is 2.63. The van der Waals surface area contributed by atoms with E-state index in [-0.39, 0.29) is 11.3 Å². The Kier molecular flexibility index (Phi) is 4.40. The summed E-state index contributed by atoms with van der Waals surface area (Å²) in [5, 5.41) is 48.7. The van der Waals surface area contributed by atoms with Crippen LogP contribution in [0.4, 0.5) is 0 Å². The first-order valence-corrected chi connectivity index (χ1v) is 7.85. The number of carboxylic acid groups (broad SMARTS) is 1. The first kappa shape index (κ1) is 18.1. The van der Waals surface area contributed by atoms with Crippen molar-refractivity contribution in [2.75, 3.05) is 7.11 Å². The molecule has 8 heteroatoms. The Balaban J connectivity index is 2.33. The van der Waals surface area contributed by atoms with Gasteiger partial charge in [-0.2, -0.15) is 0 Å². The molecule has 2 aromatic rings. The summed E-state index contributed by atoms with van der Waals surface area (Å²) < 4.78 is 4.78. The van der Waals surface area contributed by atoms with Crippen LogP contribution in [-0.4, -0.2) is 44.6 Å². The van der Waals surface area contributed by atoms with E-state index in [4.69, 9.17) is 4.74 Å². The third-order valence-electron chi connectivity index (χ3n) is 4.56. The molecule has 0 radical (unpaired) electrons. The van der Waals surface area contributed by atoms with Crippen LogP contribution in [0.1, 0.15) is 22.6 Å². The van der Waals surface area contributed by atoms with E-state index in [0.29, 0.717) is 16.7 Å². The van der Waals surface area contributed by atoms with Crippen LogP contribution < -0.4 is 0 Å². The average molecular weight is 372 g/mol. The zero-order chi connectivity index (χ0) is 19.9. The van der Waals surface area contributed by atoms with Crippen molar-refractivity contribution in [1.29, 1.82) is 0 Å². The molecule has 0 spiro atoms. The fourth-order valence-electron chi connectivity index (χ4n) is 3.31. The summed E-state index contributed by atoms with van der Waals surface area (Å²) in [5.74, 6) is -6.11. The minimum atomic E-state index is -1.35. The van der Waals surface area contributed by atoms with Crippen LogP contribution in [0.2, 0.25) is 0 Å². The molecule has 2 aromatic carbocycles. The van der Waals surface area contributed by atoms with Crippen molar-refractivity contribution < 1.29 is 39.9 Å².